The summed E-state index contributed by atoms with van der Waals surface area (Å²) in [6.45, 7) is 2.64. The van der Waals surface area contributed by atoms with Gasteiger partial charge in [-0.1, -0.05) is 87.4 Å². The van der Waals surface area contributed by atoms with Crippen molar-refractivity contribution in [2.45, 2.75) is 103 Å². The monoisotopic (exact) mass is 383 g/mol. The normalized spacial score (nSPS) is 21.3. The van der Waals surface area contributed by atoms with Gasteiger partial charge in [0.1, 0.15) is 6.61 Å². The first-order valence-corrected chi connectivity index (χ1v) is 11.5. The molecule has 3 nitrogen and oxygen atoms in total. The summed E-state index contributed by atoms with van der Waals surface area (Å²) in [5.41, 5.74) is 2.63. The maximum atomic E-state index is 12.8. The molecule has 2 aliphatic rings. The fraction of sp³-hybridized carbons (Fsp3) is 0.640. The van der Waals surface area contributed by atoms with Gasteiger partial charge in [-0.3, -0.25) is 4.90 Å². The van der Waals surface area contributed by atoms with E-state index < -0.39 is 0 Å². The average molecular weight is 384 g/mol. The Morgan fingerprint density at radius 1 is 1.04 bits per heavy atom. The lowest BCUT2D eigenvalue weighted by Gasteiger charge is -2.44. The number of amides is 1. The Bertz CT molecular complexity index is 625. The van der Waals surface area contributed by atoms with Crippen LogP contribution >= 0.6 is 0 Å². The third kappa shape index (κ3) is 6.12. The van der Waals surface area contributed by atoms with Crippen molar-refractivity contribution in [1.82, 2.24) is 4.90 Å². The number of rotatable bonds is 10. The van der Waals surface area contributed by atoms with Crippen molar-refractivity contribution >= 4 is 6.09 Å². The number of ether oxygens (including phenoxy) is 1. The number of piperidine rings is 1. The molecular formula is C25H37NO2. The van der Waals surface area contributed by atoms with E-state index in [1.807, 2.05) is 35.2 Å². The van der Waals surface area contributed by atoms with Crippen LogP contribution in [0.3, 0.4) is 0 Å². The van der Waals surface area contributed by atoms with Gasteiger partial charge in [-0.15, -0.1) is 0 Å². The zero-order valence-corrected chi connectivity index (χ0v) is 17.6. The molecule has 2 heterocycles. The summed E-state index contributed by atoms with van der Waals surface area (Å²) in [4.78, 5) is 14.8. The second kappa shape index (κ2) is 11.3. The van der Waals surface area contributed by atoms with Crippen molar-refractivity contribution in [1.29, 1.82) is 0 Å². The molecule has 0 radical (unpaired) electrons. The molecule has 2 unspecified atom stereocenters. The van der Waals surface area contributed by atoms with Crippen molar-refractivity contribution in [3.8, 4) is 0 Å². The largest absolute Gasteiger partial charge is 0.445 e. The smallest absolute Gasteiger partial charge is 0.410 e. The molecule has 28 heavy (non-hydrogen) atoms. The van der Waals surface area contributed by atoms with Gasteiger partial charge >= 0.3 is 6.09 Å². The fourth-order valence-corrected chi connectivity index (χ4v) is 4.69. The molecule has 0 spiro atoms. The van der Waals surface area contributed by atoms with E-state index in [9.17, 15) is 4.79 Å². The van der Waals surface area contributed by atoms with E-state index in [1.54, 1.807) is 5.57 Å². The van der Waals surface area contributed by atoms with Gasteiger partial charge in [0.25, 0.3) is 0 Å². The van der Waals surface area contributed by atoms with E-state index >= 15 is 0 Å². The quantitative estimate of drug-likeness (QED) is 0.321. The number of hydrogen-bond donors (Lipinski definition) is 0. The molecular weight excluding hydrogens is 346 g/mol. The molecule has 1 fully saturated rings. The van der Waals surface area contributed by atoms with Crippen LogP contribution < -0.4 is 0 Å². The first kappa shape index (κ1) is 21.0. The molecule has 154 valence electrons. The third-order valence-corrected chi connectivity index (χ3v) is 6.23. The highest BCUT2D eigenvalue weighted by Crippen LogP contribution is 2.35. The average Bonchev–Trinajstić information content (AvgIpc) is 2.71. The SMILES string of the molecule is CCCCCCCCCC1=CC2CCCC(C1)N2C(=O)OCc1ccccc1. The van der Waals surface area contributed by atoms with Crippen molar-refractivity contribution in [2.24, 2.45) is 0 Å². The van der Waals surface area contributed by atoms with Crippen LogP contribution in [0.25, 0.3) is 0 Å². The van der Waals surface area contributed by atoms with Crippen molar-refractivity contribution < 1.29 is 9.53 Å². The van der Waals surface area contributed by atoms with Crippen molar-refractivity contribution in [3.05, 3.63) is 47.5 Å². The standard InChI is InChI=1S/C25H37NO2/c1-2-3-4-5-6-7-9-15-22-18-23-16-12-17-24(19-22)26(23)25(27)28-20-21-13-10-8-11-14-21/h8,10-11,13-14,18,23-24H,2-7,9,12,15-17,19-20H2,1H3. The summed E-state index contributed by atoms with van der Waals surface area (Å²) >= 11 is 0. The second-order valence-corrected chi connectivity index (χ2v) is 8.50. The summed E-state index contributed by atoms with van der Waals surface area (Å²) in [5.74, 6) is 0. The molecule has 1 amide bonds. The van der Waals surface area contributed by atoms with Crippen LogP contribution in [0.2, 0.25) is 0 Å². The fourth-order valence-electron chi connectivity index (χ4n) is 4.69. The number of unbranched alkanes of at least 4 members (excludes halogenated alkanes) is 6. The molecule has 2 atom stereocenters. The van der Waals surface area contributed by atoms with Gasteiger partial charge in [0.2, 0.25) is 0 Å². The molecule has 2 aliphatic heterocycles. The van der Waals surface area contributed by atoms with E-state index in [0.717, 1.165) is 24.8 Å². The van der Waals surface area contributed by atoms with E-state index in [1.165, 1.54) is 57.8 Å². The van der Waals surface area contributed by atoms with Gasteiger partial charge in [-0.05, 0) is 44.1 Å². The van der Waals surface area contributed by atoms with Crippen LogP contribution in [-0.4, -0.2) is 23.1 Å². The van der Waals surface area contributed by atoms with Gasteiger partial charge in [0, 0.05) is 6.04 Å². The van der Waals surface area contributed by atoms with E-state index in [-0.39, 0.29) is 12.1 Å². The van der Waals surface area contributed by atoms with Crippen molar-refractivity contribution in [2.75, 3.05) is 0 Å². The van der Waals surface area contributed by atoms with E-state index in [4.69, 9.17) is 4.74 Å². The Hall–Kier alpha value is -1.77. The van der Waals surface area contributed by atoms with Crippen LogP contribution in [0, 0.1) is 0 Å². The number of nitrogens with zero attached hydrogens (tertiary/aromatic N) is 1. The number of carbonyl (C=O) groups excluding carboxylic acids is 1. The van der Waals surface area contributed by atoms with Gasteiger partial charge < -0.3 is 4.74 Å². The predicted octanol–water partition coefficient (Wildman–Crippen LogP) is 7.02. The van der Waals surface area contributed by atoms with Gasteiger partial charge in [0.15, 0.2) is 0 Å². The molecule has 0 aliphatic carbocycles. The Labute approximate surface area is 171 Å². The number of carbonyl (C=O) groups is 1. The Balaban J connectivity index is 1.45. The third-order valence-electron chi connectivity index (χ3n) is 6.23. The zero-order chi connectivity index (χ0) is 19.6. The van der Waals surface area contributed by atoms with E-state index in [0.29, 0.717) is 12.6 Å². The maximum Gasteiger partial charge on any atom is 0.410 e. The van der Waals surface area contributed by atoms with Crippen LogP contribution in [0.1, 0.15) is 89.5 Å². The van der Waals surface area contributed by atoms with Gasteiger partial charge in [0.05, 0.1) is 6.04 Å². The molecule has 1 aromatic carbocycles. The second-order valence-electron chi connectivity index (χ2n) is 8.50. The minimum Gasteiger partial charge on any atom is -0.445 e. The first-order valence-electron chi connectivity index (χ1n) is 11.5. The minimum absolute atomic E-state index is 0.134. The molecule has 1 saturated heterocycles. The lowest BCUT2D eigenvalue weighted by Crippen LogP contribution is -2.51. The minimum atomic E-state index is -0.134. The molecule has 1 aromatic rings. The summed E-state index contributed by atoms with van der Waals surface area (Å²) in [5, 5.41) is 0. The van der Waals surface area contributed by atoms with Crippen LogP contribution in [0.15, 0.2) is 42.0 Å². The molecule has 3 rings (SSSR count). The highest BCUT2D eigenvalue weighted by molar-refractivity contribution is 5.69. The van der Waals surface area contributed by atoms with Gasteiger partial charge in [-0.2, -0.15) is 0 Å². The Kier molecular flexibility index (Phi) is 8.44. The summed E-state index contributed by atoms with van der Waals surface area (Å²) in [7, 11) is 0. The lowest BCUT2D eigenvalue weighted by molar-refractivity contribution is 0.0479. The maximum absolute atomic E-state index is 12.8. The molecule has 0 N–H and O–H groups in total. The number of benzene rings is 1. The topological polar surface area (TPSA) is 29.5 Å². The molecule has 3 heteroatoms. The molecule has 0 aromatic heterocycles. The molecule has 0 saturated carbocycles. The van der Waals surface area contributed by atoms with Crippen LogP contribution in [0.5, 0.6) is 0 Å². The van der Waals surface area contributed by atoms with Crippen molar-refractivity contribution in [3.63, 3.8) is 0 Å². The predicted molar refractivity (Wildman–Crippen MR) is 115 cm³/mol. The lowest BCUT2D eigenvalue weighted by atomic mass is 9.84. The number of fused-ring (bicyclic) bond motifs is 2. The summed E-state index contributed by atoms with van der Waals surface area (Å²) in [6, 6.07) is 10.5. The van der Waals surface area contributed by atoms with Gasteiger partial charge in [-0.25, -0.2) is 4.79 Å². The first-order chi connectivity index (χ1) is 13.8. The highest BCUT2D eigenvalue weighted by atomic mass is 16.6. The summed E-state index contributed by atoms with van der Waals surface area (Å²) < 4.78 is 5.64. The van der Waals surface area contributed by atoms with Crippen LogP contribution in [-0.2, 0) is 11.3 Å². The number of hydrogen-bond acceptors (Lipinski definition) is 2. The Morgan fingerprint density at radius 2 is 1.79 bits per heavy atom. The zero-order valence-electron chi connectivity index (χ0n) is 17.6. The van der Waals surface area contributed by atoms with E-state index in [2.05, 4.69) is 13.0 Å². The highest BCUT2D eigenvalue weighted by Gasteiger charge is 2.37. The Morgan fingerprint density at radius 3 is 2.54 bits per heavy atom. The molecule has 2 bridgehead atoms. The summed E-state index contributed by atoms with van der Waals surface area (Å²) in [6.07, 6.45) is 17.4. The van der Waals surface area contributed by atoms with Crippen LogP contribution in [0.4, 0.5) is 4.79 Å².